The molecule has 0 saturated carbocycles. The minimum atomic E-state index is -1.28. The molecule has 0 radical (unpaired) electrons. The van der Waals surface area contributed by atoms with Crippen LogP contribution in [0.4, 0.5) is 0 Å². The molecule has 1 aromatic heterocycles. The van der Waals surface area contributed by atoms with E-state index in [1.54, 1.807) is 18.3 Å². The van der Waals surface area contributed by atoms with Crippen LogP contribution in [0.1, 0.15) is 24.0 Å². The van der Waals surface area contributed by atoms with Gasteiger partial charge in [-0.25, -0.2) is 4.79 Å². The summed E-state index contributed by atoms with van der Waals surface area (Å²) in [5, 5.41) is 34.9. The minimum Gasteiger partial charge on any atom is -0.508 e. The van der Waals surface area contributed by atoms with E-state index in [2.05, 4.69) is 15.6 Å². The van der Waals surface area contributed by atoms with Crippen molar-refractivity contribution in [3.05, 3.63) is 65.9 Å². The number of carbonyl (C=O) groups excluding carboxylic acids is 3. The molecule has 4 rings (SSSR count). The molecular formula is C28H33N5O7. The first kappa shape index (κ1) is 28.6. The molecule has 1 fully saturated rings. The molecule has 4 atom stereocenters. The second-order valence-electron chi connectivity index (χ2n) is 9.87. The van der Waals surface area contributed by atoms with Crippen molar-refractivity contribution in [2.45, 2.75) is 49.9 Å². The van der Waals surface area contributed by atoms with Crippen LogP contribution in [-0.4, -0.2) is 86.2 Å². The summed E-state index contributed by atoms with van der Waals surface area (Å²) in [5.74, 6) is -3.07. The fourth-order valence-electron chi connectivity index (χ4n) is 4.93. The number of carboxylic acid groups (broad SMARTS) is 1. The largest absolute Gasteiger partial charge is 0.508 e. The van der Waals surface area contributed by atoms with Crippen LogP contribution in [0.15, 0.2) is 54.7 Å². The third-order valence-corrected chi connectivity index (χ3v) is 7.08. The molecular weight excluding hydrogens is 518 g/mol. The summed E-state index contributed by atoms with van der Waals surface area (Å²) in [6, 6.07) is 8.97. The molecule has 1 saturated heterocycles. The average molecular weight is 552 g/mol. The lowest BCUT2D eigenvalue weighted by Crippen LogP contribution is -2.57. The average Bonchev–Trinajstić information content (AvgIpc) is 3.60. The van der Waals surface area contributed by atoms with Gasteiger partial charge in [0.15, 0.2) is 0 Å². The van der Waals surface area contributed by atoms with Gasteiger partial charge in [-0.15, -0.1) is 0 Å². The number of nitrogens with zero attached hydrogens (tertiary/aromatic N) is 1. The highest BCUT2D eigenvalue weighted by Gasteiger charge is 2.38. The number of benzene rings is 2. The third kappa shape index (κ3) is 6.58. The van der Waals surface area contributed by atoms with Crippen molar-refractivity contribution >= 4 is 34.6 Å². The number of H-pyrrole nitrogens is 1. The highest BCUT2D eigenvalue weighted by Crippen LogP contribution is 2.21. The Kier molecular flexibility index (Phi) is 9.02. The van der Waals surface area contributed by atoms with Crippen LogP contribution in [0.3, 0.4) is 0 Å². The number of carbonyl (C=O) groups is 4. The lowest BCUT2D eigenvalue weighted by atomic mass is 10.0. The molecule has 40 heavy (non-hydrogen) atoms. The topological polar surface area (TPSA) is 198 Å². The van der Waals surface area contributed by atoms with Gasteiger partial charge >= 0.3 is 5.97 Å². The number of carboxylic acids is 1. The van der Waals surface area contributed by atoms with Crippen molar-refractivity contribution in [1.29, 1.82) is 0 Å². The minimum absolute atomic E-state index is 0.00803. The summed E-state index contributed by atoms with van der Waals surface area (Å²) in [6.07, 6.45) is 2.61. The van der Waals surface area contributed by atoms with Crippen LogP contribution >= 0.6 is 0 Å². The zero-order chi connectivity index (χ0) is 28.8. The number of phenolic OH excluding ortho intramolecular Hbond substituents is 1. The summed E-state index contributed by atoms with van der Waals surface area (Å²) >= 11 is 0. The molecule has 0 spiro atoms. The van der Waals surface area contributed by atoms with E-state index in [1.807, 2.05) is 24.3 Å². The summed E-state index contributed by atoms with van der Waals surface area (Å²) in [6.45, 7) is -0.284. The van der Waals surface area contributed by atoms with Gasteiger partial charge in [0.05, 0.1) is 6.61 Å². The number of likely N-dealkylation sites (tertiary alicyclic amines) is 1. The molecule has 2 heterocycles. The number of aromatic amines is 1. The molecule has 4 unspecified atom stereocenters. The van der Waals surface area contributed by atoms with Gasteiger partial charge in [-0.05, 0) is 42.2 Å². The normalized spacial score (nSPS) is 17.2. The molecule has 8 N–H and O–H groups in total. The number of aromatic nitrogens is 1. The Morgan fingerprint density at radius 1 is 1.02 bits per heavy atom. The SMILES string of the molecule is NC(CO)C(=O)N1CCCC1C(=O)NC(Cc1ccc(O)cc1)C(=O)NC(Cc1c[nH]c2ccccc12)C(=O)O. The Morgan fingerprint density at radius 3 is 2.45 bits per heavy atom. The van der Waals surface area contributed by atoms with E-state index in [9.17, 15) is 34.5 Å². The zero-order valence-corrected chi connectivity index (χ0v) is 21.7. The van der Waals surface area contributed by atoms with Gasteiger partial charge in [-0.3, -0.25) is 14.4 Å². The van der Waals surface area contributed by atoms with E-state index in [0.717, 1.165) is 10.9 Å². The van der Waals surface area contributed by atoms with Crippen LogP contribution < -0.4 is 16.4 Å². The molecule has 3 amide bonds. The standard InChI is InChI=1S/C28H33N5O7/c29-20(15-34)27(38)33-11-3-6-24(33)26(37)31-22(12-16-7-9-18(35)10-8-16)25(36)32-23(28(39)40)13-17-14-30-21-5-2-1-4-19(17)21/h1-2,4-5,7-10,14,20,22-24,30,34-35H,3,6,11-13,15,29H2,(H,31,37)(H,32,36)(H,39,40). The fourth-order valence-corrected chi connectivity index (χ4v) is 4.93. The molecule has 12 heteroatoms. The predicted octanol–water partition coefficient (Wildman–Crippen LogP) is 0.0235. The number of nitrogens with two attached hydrogens (primary N) is 1. The lowest BCUT2D eigenvalue weighted by Gasteiger charge is -2.28. The van der Waals surface area contributed by atoms with Crippen LogP contribution in [0.25, 0.3) is 10.9 Å². The van der Waals surface area contributed by atoms with Crippen molar-refractivity contribution < 1.29 is 34.5 Å². The molecule has 0 bridgehead atoms. The summed E-state index contributed by atoms with van der Waals surface area (Å²) < 4.78 is 0. The van der Waals surface area contributed by atoms with Gasteiger partial charge in [-0.2, -0.15) is 0 Å². The number of amides is 3. The van der Waals surface area contributed by atoms with E-state index in [4.69, 9.17) is 5.73 Å². The van der Waals surface area contributed by atoms with Gasteiger partial charge in [0.2, 0.25) is 17.7 Å². The van der Waals surface area contributed by atoms with Gasteiger partial charge in [-0.1, -0.05) is 30.3 Å². The van der Waals surface area contributed by atoms with E-state index in [-0.39, 0.29) is 25.1 Å². The maximum Gasteiger partial charge on any atom is 0.326 e. The van der Waals surface area contributed by atoms with Gasteiger partial charge in [0.25, 0.3) is 0 Å². The zero-order valence-electron chi connectivity index (χ0n) is 21.7. The predicted molar refractivity (Wildman–Crippen MR) is 145 cm³/mol. The Labute approximate surface area is 230 Å². The highest BCUT2D eigenvalue weighted by atomic mass is 16.4. The van der Waals surface area contributed by atoms with Gasteiger partial charge in [0, 0.05) is 36.5 Å². The van der Waals surface area contributed by atoms with E-state index in [0.29, 0.717) is 24.0 Å². The number of nitrogens with one attached hydrogen (secondary N) is 3. The number of rotatable bonds is 11. The van der Waals surface area contributed by atoms with Crippen molar-refractivity contribution in [3.8, 4) is 5.75 Å². The molecule has 3 aromatic rings. The second-order valence-corrected chi connectivity index (χ2v) is 9.87. The number of aliphatic hydroxyl groups is 1. The number of phenols is 1. The number of aromatic hydroxyl groups is 1. The quantitative estimate of drug-likeness (QED) is 0.173. The highest BCUT2D eigenvalue weighted by molar-refractivity contribution is 5.95. The fraction of sp³-hybridized carbons (Fsp3) is 0.357. The van der Waals surface area contributed by atoms with Crippen molar-refractivity contribution in [2.24, 2.45) is 5.73 Å². The number of aliphatic hydroxyl groups excluding tert-OH is 1. The van der Waals surface area contributed by atoms with Gasteiger partial charge in [0.1, 0.15) is 29.9 Å². The van der Waals surface area contributed by atoms with Crippen LogP contribution in [0.5, 0.6) is 5.75 Å². The van der Waals surface area contributed by atoms with E-state index in [1.165, 1.54) is 17.0 Å². The lowest BCUT2D eigenvalue weighted by molar-refractivity contribution is -0.143. The Balaban J connectivity index is 1.53. The smallest absolute Gasteiger partial charge is 0.326 e. The van der Waals surface area contributed by atoms with Gasteiger partial charge < -0.3 is 41.6 Å². The number of hydrogen-bond acceptors (Lipinski definition) is 7. The van der Waals surface area contributed by atoms with Crippen LogP contribution in [0, 0.1) is 0 Å². The Hall–Kier alpha value is -4.42. The summed E-state index contributed by atoms with van der Waals surface area (Å²) in [7, 11) is 0. The molecule has 12 nitrogen and oxygen atoms in total. The maximum atomic E-state index is 13.5. The third-order valence-electron chi connectivity index (χ3n) is 7.08. The Bertz CT molecular complexity index is 1370. The van der Waals surface area contributed by atoms with Crippen molar-refractivity contribution in [3.63, 3.8) is 0 Å². The van der Waals surface area contributed by atoms with E-state index < -0.39 is 54.5 Å². The summed E-state index contributed by atoms with van der Waals surface area (Å²) in [4.78, 5) is 55.9. The number of aliphatic carboxylic acids is 1. The second kappa shape index (κ2) is 12.6. The first-order chi connectivity index (χ1) is 19.2. The number of para-hydroxylation sites is 1. The number of fused-ring (bicyclic) bond motifs is 1. The molecule has 212 valence electrons. The molecule has 1 aliphatic rings. The van der Waals surface area contributed by atoms with E-state index >= 15 is 0 Å². The maximum absolute atomic E-state index is 13.5. The monoisotopic (exact) mass is 551 g/mol. The van der Waals surface area contributed by atoms with Crippen molar-refractivity contribution in [2.75, 3.05) is 13.2 Å². The van der Waals surface area contributed by atoms with Crippen molar-refractivity contribution in [1.82, 2.24) is 20.5 Å². The molecule has 1 aliphatic heterocycles. The van der Waals surface area contributed by atoms with Crippen LogP contribution in [0.2, 0.25) is 0 Å². The summed E-state index contributed by atoms with van der Waals surface area (Å²) in [5.41, 5.74) is 7.84. The first-order valence-electron chi connectivity index (χ1n) is 13.0. The van der Waals surface area contributed by atoms with Crippen LogP contribution in [-0.2, 0) is 32.0 Å². The number of hydrogen-bond donors (Lipinski definition) is 7. The molecule has 0 aliphatic carbocycles. The molecule has 2 aromatic carbocycles. The Morgan fingerprint density at radius 2 is 1.75 bits per heavy atom. The first-order valence-corrected chi connectivity index (χ1v) is 13.0.